The van der Waals surface area contributed by atoms with E-state index in [9.17, 15) is 19.2 Å². The minimum atomic E-state index is -0.189. The van der Waals surface area contributed by atoms with Gasteiger partial charge in [-0.1, -0.05) is 71.7 Å². The van der Waals surface area contributed by atoms with Gasteiger partial charge >= 0.3 is 0 Å². The van der Waals surface area contributed by atoms with Crippen LogP contribution in [0.15, 0.2) is 116 Å². The highest BCUT2D eigenvalue weighted by molar-refractivity contribution is 6.42. The second-order valence-electron chi connectivity index (χ2n) is 14.1. The highest BCUT2D eigenvalue weighted by Crippen LogP contribution is 2.48. The van der Waals surface area contributed by atoms with Gasteiger partial charge in [-0.05, 0) is 56.6 Å². The molecule has 0 N–H and O–H groups in total. The van der Waals surface area contributed by atoms with E-state index in [1.165, 1.54) is 0 Å². The number of nitrogens with zero attached hydrogens (tertiary/aromatic N) is 2. The predicted octanol–water partition coefficient (Wildman–Crippen LogP) is 9.66. The molecule has 13 aromatic rings. The molecule has 6 heterocycles. The van der Waals surface area contributed by atoms with E-state index in [1.807, 2.05) is 8.80 Å². The molecule has 6 nitrogen and oxygen atoms in total. The molecule has 52 heavy (non-hydrogen) atoms. The molecular weight excluding hydrogens is 691 g/mol. The lowest BCUT2D eigenvalue weighted by Gasteiger charge is -2.22. The normalized spacial score (nSPS) is 13.1. The summed E-state index contributed by atoms with van der Waals surface area (Å²) in [6, 6.07) is 30.0. The van der Waals surface area contributed by atoms with Gasteiger partial charge in [0.1, 0.15) is 0 Å². The Morgan fingerprint density at radius 2 is 0.538 bits per heavy atom. The van der Waals surface area contributed by atoms with Crippen LogP contribution in [0.2, 0.25) is 10.0 Å². The summed E-state index contributed by atoms with van der Waals surface area (Å²) in [5, 5.41) is 14.2. The topological polar surface area (TPSA) is 77.1 Å². The van der Waals surface area contributed by atoms with E-state index in [0.717, 1.165) is 86.7 Å². The van der Waals surface area contributed by atoms with Gasteiger partial charge in [-0.3, -0.25) is 19.2 Å². The SMILES string of the molecule is O=c1cc2c3ccc4c5ccc6c7c(ccc(c8ccc(c3c48)c3cc(=O)c4cc(Cl)cc1c4n23)c57)c1cc(=O)c2cc(Cl)cc3c(=O)cc6n1c32. The molecule has 0 saturated heterocycles. The van der Waals surface area contributed by atoms with Crippen LogP contribution in [0, 0.1) is 0 Å². The standard InChI is InChI=1S/C44H16Cl2N2O4/c45-17-9-27-35(49)13-31-23-5-1-19-20-2-6-25-33-15-37(51)29-11-18(46)12-30-38(52)16-34(48(33)44(29)30)26-8-4-22(40(20)42(25)26)21-3-7-24(41(23)39(19)21)32-14-36(50)28(10-17)43(27)47(31)32/h1-16H. The van der Waals surface area contributed by atoms with Gasteiger partial charge in [0.25, 0.3) is 0 Å². The molecular formula is C44H16Cl2N2O4. The van der Waals surface area contributed by atoms with E-state index in [4.69, 9.17) is 23.2 Å². The number of hydrogen-bond acceptors (Lipinski definition) is 4. The molecule has 13 rings (SSSR count). The Kier molecular flexibility index (Phi) is 4.52. The Hall–Kier alpha value is -6.34. The van der Waals surface area contributed by atoms with Crippen LogP contribution in [-0.4, -0.2) is 8.80 Å². The molecule has 240 valence electrons. The first kappa shape index (κ1) is 27.4. The third-order valence-corrected chi connectivity index (χ3v) is 12.1. The largest absolute Gasteiger partial charge is 0.307 e. The monoisotopic (exact) mass is 706 g/mol. The van der Waals surface area contributed by atoms with Gasteiger partial charge in [-0.25, -0.2) is 0 Å². The van der Waals surface area contributed by atoms with Crippen molar-refractivity contribution in [2.45, 2.75) is 0 Å². The minimum Gasteiger partial charge on any atom is -0.307 e. The third-order valence-electron chi connectivity index (χ3n) is 11.7. The summed E-state index contributed by atoms with van der Waals surface area (Å²) >= 11 is 12.8. The summed E-state index contributed by atoms with van der Waals surface area (Å²) in [5.41, 5.74) is 3.33. The molecule has 0 aliphatic heterocycles. The molecule has 0 atom stereocenters. The van der Waals surface area contributed by atoms with Crippen LogP contribution in [0.25, 0.3) is 119 Å². The maximum Gasteiger partial charge on any atom is 0.190 e. The van der Waals surface area contributed by atoms with Crippen LogP contribution < -0.4 is 21.7 Å². The van der Waals surface area contributed by atoms with Gasteiger partial charge < -0.3 is 8.80 Å². The fourth-order valence-corrected chi connectivity index (χ4v) is 10.2. The molecule has 0 radical (unpaired) electrons. The Morgan fingerprint density at radius 1 is 0.308 bits per heavy atom. The zero-order chi connectivity index (χ0) is 34.6. The van der Waals surface area contributed by atoms with Crippen molar-refractivity contribution in [1.29, 1.82) is 0 Å². The van der Waals surface area contributed by atoms with E-state index >= 15 is 0 Å². The highest BCUT2D eigenvalue weighted by atomic mass is 35.5. The quantitative estimate of drug-likeness (QED) is 0.116. The van der Waals surface area contributed by atoms with Crippen molar-refractivity contribution in [1.82, 2.24) is 8.80 Å². The fourth-order valence-electron chi connectivity index (χ4n) is 9.77. The molecule has 0 fully saturated rings. The Balaban J connectivity index is 1.27. The Morgan fingerprint density at radius 3 is 0.808 bits per heavy atom. The number of rotatable bonds is 0. The number of hydrogen-bond donors (Lipinski definition) is 0. The number of pyridine rings is 6. The molecule has 0 unspecified atom stereocenters. The first-order chi connectivity index (χ1) is 25.3. The van der Waals surface area contributed by atoms with Gasteiger partial charge in [-0.15, -0.1) is 0 Å². The zero-order valence-corrected chi connectivity index (χ0v) is 28.0. The van der Waals surface area contributed by atoms with Crippen LogP contribution >= 0.6 is 23.2 Å². The van der Waals surface area contributed by atoms with Crippen LogP contribution in [0.5, 0.6) is 0 Å². The Labute approximate surface area is 298 Å². The molecule has 0 spiro atoms. The van der Waals surface area contributed by atoms with Gasteiger partial charge in [0, 0.05) is 88.2 Å². The second-order valence-corrected chi connectivity index (χ2v) is 15.0. The van der Waals surface area contributed by atoms with Gasteiger partial charge in [-0.2, -0.15) is 0 Å². The van der Waals surface area contributed by atoms with Crippen LogP contribution in [-0.2, 0) is 0 Å². The summed E-state index contributed by atoms with van der Waals surface area (Å²) in [7, 11) is 0. The number of aromatic nitrogens is 2. The van der Waals surface area contributed by atoms with Crippen molar-refractivity contribution in [2.24, 2.45) is 0 Å². The third kappa shape index (κ3) is 2.90. The molecule has 0 saturated carbocycles. The molecule has 0 aliphatic rings. The lowest BCUT2D eigenvalue weighted by atomic mass is 9.85. The van der Waals surface area contributed by atoms with E-state index in [-0.39, 0.29) is 21.7 Å². The van der Waals surface area contributed by atoms with E-state index in [1.54, 1.807) is 48.5 Å². The summed E-state index contributed by atoms with van der Waals surface area (Å²) in [4.78, 5) is 54.5. The molecule has 7 aromatic carbocycles. The summed E-state index contributed by atoms with van der Waals surface area (Å²) in [6.45, 7) is 0. The maximum atomic E-state index is 13.6. The van der Waals surface area contributed by atoms with Crippen molar-refractivity contribution in [3.8, 4) is 0 Å². The summed E-state index contributed by atoms with van der Waals surface area (Å²) in [6.07, 6.45) is 0. The Bertz CT molecular complexity index is 3590. The zero-order valence-electron chi connectivity index (χ0n) is 26.5. The lowest BCUT2D eigenvalue weighted by Crippen LogP contribution is -2.13. The molecule has 0 amide bonds. The molecule has 8 heteroatoms. The van der Waals surface area contributed by atoms with Gasteiger partial charge in [0.2, 0.25) is 0 Å². The summed E-state index contributed by atoms with van der Waals surface area (Å²) in [5.74, 6) is 0. The van der Waals surface area contributed by atoms with Crippen LogP contribution in [0.1, 0.15) is 0 Å². The first-order valence-electron chi connectivity index (χ1n) is 16.8. The first-order valence-corrected chi connectivity index (χ1v) is 17.6. The van der Waals surface area contributed by atoms with Crippen molar-refractivity contribution in [2.75, 3.05) is 0 Å². The van der Waals surface area contributed by atoms with E-state index in [2.05, 4.69) is 48.5 Å². The highest BCUT2D eigenvalue weighted by Gasteiger charge is 2.25. The van der Waals surface area contributed by atoms with E-state index in [0.29, 0.717) is 42.6 Å². The molecule has 0 bridgehead atoms. The molecule has 0 aliphatic carbocycles. The number of halogens is 2. The summed E-state index contributed by atoms with van der Waals surface area (Å²) < 4.78 is 4.07. The van der Waals surface area contributed by atoms with Gasteiger partial charge in [0.15, 0.2) is 21.7 Å². The van der Waals surface area contributed by atoms with Crippen LogP contribution in [0.4, 0.5) is 0 Å². The smallest absolute Gasteiger partial charge is 0.190 e. The number of fused-ring (bicyclic) bond motifs is 6. The van der Waals surface area contributed by atoms with Crippen molar-refractivity contribution in [3.63, 3.8) is 0 Å². The average molecular weight is 708 g/mol. The van der Waals surface area contributed by atoms with Crippen molar-refractivity contribution < 1.29 is 0 Å². The van der Waals surface area contributed by atoms with Crippen molar-refractivity contribution in [3.05, 3.63) is 148 Å². The van der Waals surface area contributed by atoms with E-state index < -0.39 is 0 Å². The van der Waals surface area contributed by atoms with Crippen molar-refractivity contribution >= 4 is 142 Å². The average Bonchev–Trinajstić information content (AvgIpc) is 3.14. The maximum absolute atomic E-state index is 13.6. The van der Waals surface area contributed by atoms with Gasteiger partial charge in [0.05, 0.1) is 33.1 Å². The second kappa shape index (κ2) is 8.57. The predicted molar refractivity (Wildman–Crippen MR) is 214 cm³/mol. The minimum absolute atomic E-state index is 0.189. The number of benzene rings is 7. The molecule has 6 aromatic heterocycles. The van der Waals surface area contributed by atoms with Crippen LogP contribution in [0.3, 0.4) is 0 Å². The lowest BCUT2D eigenvalue weighted by molar-refractivity contribution is 1.30. The fraction of sp³-hybridized carbons (Fsp3) is 0.